The quantitative estimate of drug-likeness (QED) is 0.797. The van der Waals surface area contributed by atoms with E-state index < -0.39 is 0 Å². The fourth-order valence-electron chi connectivity index (χ4n) is 1.20. The minimum Gasteiger partial charge on any atom is -0.329 e. The van der Waals surface area contributed by atoms with Gasteiger partial charge in [0.05, 0.1) is 10.7 Å². The molecule has 1 unspecified atom stereocenters. The van der Waals surface area contributed by atoms with E-state index in [4.69, 9.17) is 5.73 Å². The molecular formula is C9H17N3S. The third-order valence-corrected chi connectivity index (χ3v) is 3.00. The fraction of sp³-hybridized carbons (Fsp3) is 0.667. The van der Waals surface area contributed by atoms with Gasteiger partial charge in [-0.3, -0.25) is 4.90 Å². The summed E-state index contributed by atoms with van der Waals surface area (Å²) in [5, 5.41) is 3.25. The van der Waals surface area contributed by atoms with Gasteiger partial charge in [0.2, 0.25) is 0 Å². The summed E-state index contributed by atoms with van der Waals surface area (Å²) < 4.78 is 0. The average molecular weight is 199 g/mol. The van der Waals surface area contributed by atoms with Crippen molar-refractivity contribution in [3.8, 4) is 0 Å². The van der Waals surface area contributed by atoms with Crippen LogP contribution < -0.4 is 5.73 Å². The van der Waals surface area contributed by atoms with Crippen LogP contribution in [0.1, 0.15) is 23.7 Å². The summed E-state index contributed by atoms with van der Waals surface area (Å²) in [4.78, 5) is 6.67. The standard InChI is InChI=1S/C9H17N3S/c1-7(12(3)5-4-10)9-6-13-8(2)11-9/h6-7H,4-5,10H2,1-3H3. The number of nitrogens with zero attached hydrogens (tertiary/aromatic N) is 2. The largest absolute Gasteiger partial charge is 0.329 e. The van der Waals surface area contributed by atoms with Gasteiger partial charge in [-0.25, -0.2) is 4.98 Å². The molecule has 1 atom stereocenters. The topological polar surface area (TPSA) is 42.2 Å². The maximum absolute atomic E-state index is 5.49. The van der Waals surface area contributed by atoms with Crippen molar-refractivity contribution in [2.75, 3.05) is 20.1 Å². The number of thiazole rings is 1. The van der Waals surface area contributed by atoms with E-state index in [2.05, 4.69) is 29.2 Å². The van der Waals surface area contributed by atoms with E-state index >= 15 is 0 Å². The van der Waals surface area contributed by atoms with Crippen LogP contribution >= 0.6 is 11.3 Å². The van der Waals surface area contributed by atoms with E-state index in [0.717, 1.165) is 17.2 Å². The molecule has 0 aliphatic carbocycles. The van der Waals surface area contributed by atoms with Crippen LogP contribution in [0.25, 0.3) is 0 Å². The molecule has 0 spiro atoms. The van der Waals surface area contributed by atoms with Gasteiger partial charge in [-0.1, -0.05) is 0 Å². The molecule has 2 N–H and O–H groups in total. The maximum Gasteiger partial charge on any atom is 0.0898 e. The highest BCUT2D eigenvalue weighted by Gasteiger charge is 2.12. The van der Waals surface area contributed by atoms with Crippen molar-refractivity contribution in [2.45, 2.75) is 19.9 Å². The van der Waals surface area contributed by atoms with E-state index in [-0.39, 0.29) is 0 Å². The molecule has 0 aromatic carbocycles. The summed E-state index contributed by atoms with van der Waals surface area (Å²) in [7, 11) is 2.08. The molecular weight excluding hydrogens is 182 g/mol. The van der Waals surface area contributed by atoms with Crippen LogP contribution in [0.15, 0.2) is 5.38 Å². The minimum atomic E-state index is 0.369. The predicted molar refractivity (Wildman–Crippen MR) is 57.0 cm³/mol. The molecule has 0 amide bonds. The van der Waals surface area contributed by atoms with Crippen LogP contribution in [0, 0.1) is 6.92 Å². The normalized spacial score (nSPS) is 13.6. The van der Waals surface area contributed by atoms with Crippen molar-refractivity contribution >= 4 is 11.3 Å². The Balaban J connectivity index is 2.61. The van der Waals surface area contributed by atoms with Gasteiger partial charge < -0.3 is 5.73 Å². The first kappa shape index (κ1) is 10.6. The molecule has 3 nitrogen and oxygen atoms in total. The van der Waals surface area contributed by atoms with Gasteiger partial charge in [-0.15, -0.1) is 11.3 Å². The van der Waals surface area contributed by atoms with E-state index in [1.807, 2.05) is 6.92 Å². The van der Waals surface area contributed by atoms with Gasteiger partial charge in [-0.2, -0.15) is 0 Å². The second-order valence-corrected chi connectivity index (χ2v) is 4.30. The zero-order chi connectivity index (χ0) is 9.84. The number of aromatic nitrogens is 1. The Morgan fingerprint density at radius 3 is 2.85 bits per heavy atom. The lowest BCUT2D eigenvalue weighted by molar-refractivity contribution is 0.265. The summed E-state index contributed by atoms with van der Waals surface area (Å²) in [5.74, 6) is 0. The lowest BCUT2D eigenvalue weighted by Crippen LogP contribution is -2.28. The number of likely N-dealkylation sites (N-methyl/N-ethyl adjacent to an activating group) is 1. The maximum atomic E-state index is 5.49. The summed E-state index contributed by atoms with van der Waals surface area (Å²) >= 11 is 1.70. The fourth-order valence-corrected chi connectivity index (χ4v) is 1.89. The summed E-state index contributed by atoms with van der Waals surface area (Å²) in [6.45, 7) is 5.80. The Hall–Kier alpha value is -0.450. The average Bonchev–Trinajstić information content (AvgIpc) is 2.51. The molecule has 0 saturated heterocycles. The molecule has 13 heavy (non-hydrogen) atoms. The minimum absolute atomic E-state index is 0.369. The molecule has 1 rings (SSSR count). The second-order valence-electron chi connectivity index (χ2n) is 3.24. The van der Waals surface area contributed by atoms with E-state index in [1.54, 1.807) is 11.3 Å². The van der Waals surface area contributed by atoms with Gasteiger partial charge in [0, 0.05) is 24.5 Å². The Labute approximate surface area is 83.6 Å². The van der Waals surface area contributed by atoms with Crippen molar-refractivity contribution in [3.63, 3.8) is 0 Å². The zero-order valence-corrected chi connectivity index (χ0v) is 9.27. The third-order valence-electron chi connectivity index (χ3n) is 2.21. The highest BCUT2D eigenvalue weighted by molar-refractivity contribution is 7.09. The Kier molecular flexibility index (Phi) is 3.84. The molecule has 1 aromatic heterocycles. The van der Waals surface area contributed by atoms with Crippen molar-refractivity contribution in [3.05, 3.63) is 16.1 Å². The van der Waals surface area contributed by atoms with E-state index in [1.165, 1.54) is 0 Å². The first-order valence-electron chi connectivity index (χ1n) is 4.47. The zero-order valence-electron chi connectivity index (χ0n) is 8.45. The number of rotatable bonds is 4. The van der Waals surface area contributed by atoms with Gasteiger partial charge >= 0.3 is 0 Å². The molecule has 0 aliphatic rings. The molecule has 74 valence electrons. The first-order valence-corrected chi connectivity index (χ1v) is 5.35. The van der Waals surface area contributed by atoms with Crippen LogP contribution in [0.5, 0.6) is 0 Å². The lowest BCUT2D eigenvalue weighted by Gasteiger charge is -2.22. The first-order chi connectivity index (χ1) is 6.15. The summed E-state index contributed by atoms with van der Waals surface area (Å²) in [6.07, 6.45) is 0. The number of aryl methyl sites for hydroxylation is 1. The van der Waals surface area contributed by atoms with Crippen LogP contribution in [0.4, 0.5) is 0 Å². The van der Waals surface area contributed by atoms with E-state index in [9.17, 15) is 0 Å². The molecule has 4 heteroatoms. The van der Waals surface area contributed by atoms with Crippen LogP contribution in [0.2, 0.25) is 0 Å². The number of nitrogens with two attached hydrogens (primary N) is 1. The van der Waals surface area contributed by atoms with Crippen LogP contribution in [0.3, 0.4) is 0 Å². The smallest absolute Gasteiger partial charge is 0.0898 e. The van der Waals surface area contributed by atoms with Crippen molar-refractivity contribution < 1.29 is 0 Å². The Bertz CT molecular complexity index is 259. The van der Waals surface area contributed by atoms with Crippen LogP contribution in [-0.4, -0.2) is 30.0 Å². The van der Waals surface area contributed by atoms with E-state index in [0.29, 0.717) is 12.6 Å². The van der Waals surface area contributed by atoms with Gasteiger partial charge in [-0.05, 0) is 20.9 Å². The number of hydrogen-bond donors (Lipinski definition) is 1. The highest BCUT2D eigenvalue weighted by atomic mass is 32.1. The molecule has 0 aliphatic heterocycles. The summed E-state index contributed by atoms with van der Waals surface area (Å²) in [5.41, 5.74) is 6.64. The lowest BCUT2D eigenvalue weighted by atomic mass is 10.2. The molecule has 1 heterocycles. The Morgan fingerprint density at radius 2 is 2.38 bits per heavy atom. The highest BCUT2D eigenvalue weighted by Crippen LogP contribution is 2.19. The van der Waals surface area contributed by atoms with Gasteiger partial charge in [0.25, 0.3) is 0 Å². The predicted octanol–water partition coefficient (Wildman–Crippen LogP) is 1.40. The Morgan fingerprint density at radius 1 is 1.69 bits per heavy atom. The van der Waals surface area contributed by atoms with Gasteiger partial charge in [0.15, 0.2) is 0 Å². The molecule has 0 fully saturated rings. The van der Waals surface area contributed by atoms with Gasteiger partial charge in [0.1, 0.15) is 0 Å². The third kappa shape index (κ3) is 2.76. The molecule has 1 aromatic rings. The molecule has 0 saturated carbocycles. The van der Waals surface area contributed by atoms with Crippen LogP contribution in [-0.2, 0) is 0 Å². The molecule has 0 bridgehead atoms. The van der Waals surface area contributed by atoms with Crippen molar-refractivity contribution in [1.82, 2.24) is 9.88 Å². The second kappa shape index (κ2) is 4.69. The monoisotopic (exact) mass is 199 g/mol. The van der Waals surface area contributed by atoms with Crippen molar-refractivity contribution in [2.24, 2.45) is 5.73 Å². The van der Waals surface area contributed by atoms with Crippen molar-refractivity contribution in [1.29, 1.82) is 0 Å². The summed E-state index contributed by atoms with van der Waals surface area (Å²) in [6, 6.07) is 0.369. The number of hydrogen-bond acceptors (Lipinski definition) is 4. The SMILES string of the molecule is Cc1nc(C(C)N(C)CCN)cs1. The molecule has 0 radical (unpaired) electrons.